The van der Waals surface area contributed by atoms with Crippen LogP contribution in [0.15, 0.2) is 29.3 Å². The fourth-order valence-electron chi connectivity index (χ4n) is 3.17. The molecule has 26 heavy (non-hydrogen) atoms. The number of rotatable bonds is 5. The van der Waals surface area contributed by atoms with E-state index in [0.29, 0.717) is 22.4 Å². The molecule has 0 bridgehead atoms. The normalized spacial score (nSPS) is 12.3. The van der Waals surface area contributed by atoms with Crippen LogP contribution in [0.25, 0.3) is 21.3 Å². The molecule has 1 unspecified atom stereocenters. The molecule has 1 aromatic carbocycles. The summed E-state index contributed by atoms with van der Waals surface area (Å²) in [7, 11) is 1.59. The van der Waals surface area contributed by atoms with Gasteiger partial charge in [0.25, 0.3) is 5.56 Å². The third-order valence-corrected chi connectivity index (χ3v) is 5.46. The van der Waals surface area contributed by atoms with Crippen molar-refractivity contribution in [2.75, 3.05) is 7.11 Å². The maximum absolute atomic E-state index is 13.2. The molecular formula is C19H20N2O4S. The van der Waals surface area contributed by atoms with Crippen LogP contribution >= 0.6 is 11.3 Å². The van der Waals surface area contributed by atoms with E-state index < -0.39 is 12.0 Å². The van der Waals surface area contributed by atoms with Crippen molar-refractivity contribution in [2.45, 2.75) is 33.2 Å². The zero-order valence-corrected chi connectivity index (χ0v) is 15.9. The van der Waals surface area contributed by atoms with Crippen molar-refractivity contribution in [3.63, 3.8) is 0 Å². The molecule has 3 rings (SSSR count). The first-order valence-electron chi connectivity index (χ1n) is 8.27. The number of ether oxygens (including phenoxy) is 1. The Morgan fingerprint density at radius 3 is 2.73 bits per heavy atom. The minimum atomic E-state index is -1.04. The predicted molar refractivity (Wildman–Crippen MR) is 102 cm³/mol. The molecule has 0 aliphatic heterocycles. The van der Waals surface area contributed by atoms with Gasteiger partial charge in [-0.25, -0.2) is 9.78 Å². The number of fused-ring (bicyclic) bond motifs is 1. The topological polar surface area (TPSA) is 81.4 Å². The molecule has 0 saturated carbocycles. The second kappa shape index (κ2) is 6.92. The lowest BCUT2D eigenvalue weighted by molar-refractivity contribution is -0.141. The first-order chi connectivity index (χ1) is 12.4. The summed E-state index contributed by atoms with van der Waals surface area (Å²) < 4.78 is 6.70. The summed E-state index contributed by atoms with van der Waals surface area (Å²) >= 11 is 1.42. The number of nitrogens with zero attached hydrogens (tertiary/aromatic N) is 2. The van der Waals surface area contributed by atoms with Crippen LogP contribution in [-0.2, 0) is 4.79 Å². The highest BCUT2D eigenvalue weighted by Gasteiger charge is 2.24. The predicted octanol–water partition coefficient (Wildman–Crippen LogP) is 3.79. The van der Waals surface area contributed by atoms with E-state index in [-0.39, 0.29) is 5.56 Å². The van der Waals surface area contributed by atoms with Gasteiger partial charge < -0.3 is 9.84 Å². The number of carbonyl (C=O) groups is 1. The Balaban J connectivity index is 2.38. The summed E-state index contributed by atoms with van der Waals surface area (Å²) in [4.78, 5) is 30.6. The monoisotopic (exact) mass is 372 g/mol. The van der Waals surface area contributed by atoms with Crippen molar-refractivity contribution in [3.05, 3.63) is 45.3 Å². The minimum Gasteiger partial charge on any atom is -0.496 e. The Morgan fingerprint density at radius 2 is 2.12 bits per heavy atom. The molecular weight excluding hydrogens is 352 g/mol. The van der Waals surface area contributed by atoms with Crippen LogP contribution in [0.3, 0.4) is 0 Å². The van der Waals surface area contributed by atoms with E-state index in [9.17, 15) is 14.7 Å². The van der Waals surface area contributed by atoms with Crippen molar-refractivity contribution in [1.29, 1.82) is 0 Å². The van der Waals surface area contributed by atoms with Gasteiger partial charge in [-0.3, -0.25) is 9.36 Å². The lowest BCUT2D eigenvalue weighted by Gasteiger charge is -2.14. The third kappa shape index (κ3) is 2.88. The fraction of sp³-hybridized carbons (Fsp3) is 0.316. The number of carboxylic acid groups (broad SMARTS) is 1. The zero-order valence-electron chi connectivity index (χ0n) is 15.1. The van der Waals surface area contributed by atoms with Crippen LogP contribution in [0.5, 0.6) is 5.75 Å². The zero-order chi connectivity index (χ0) is 19.0. The molecule has 0 aliphatic carbocycles. The van der Waals surface area contributed by atoms with Gasteiger partial charge in [-0.1, -0.05) is 18.6 Å². The maximum Gasteiger partial charge on any atom is 0.326 e. The largest absolute Gasteiger partial charge is 0.496 e. The average Bonchev–Trinajstić information content (AvgIpc) is 2.94. The number of methoxy groups -OCH3 is 1. The third-order valence-electron chi connectivity index (χ3n) is 4.45. The molecule has 1 atom stereocenters. The Labute approximate surface area is 154 Å². The highest BCUT2D eigenvalue weighted by atomic mass is 32.1. The lowest BCUT2D eigenvalue weighted by atomic mass is 10.0. The summed E-state index contributed by atoms with van der Waals surface area (Å²) in [5.41, 5.74) is 2.28. The second-order valence-electron chi connectivity index (χ2n) is 6.14. The minimum absolute atomic E-state index is 0.300. The van der Waals surface area contributed by atoms with Gasteiger partial charge in [-0.15, -0.1) is 11.3 Å². The fourth-order valence-corrected chi connectivity index (χ4v) is 4.16. The lowest BCUT2D eigenvalue weighted by Crippen LogP contribution is -2.29. The highest BCUT2D eigenvalue weighted by Crippen LogP contribution is 2.40. The molecule has 2 heterocycles. The molecule has 0 fully saturated rings. The number of hydrogen-bond donors (Lipinski definition) is 1. The number of carboxylic acids is 1. The van der Waals surface area contributed by atoms with E-state index in [2.05, 4.69) is 4.98 Å². The number of hydrogen-bond acceptors (Lipinski definition) is 5. The molecule has 0 spiro atoms. The number of aryl methyl sites for hydroxylation is 2. The Hall–Kier alpha value is -2.67. The Kier molecular flexibility index (Phi) is 4.82. The van der Waals surface area contributed by atoms with E-state index in [1.165, 1.54) is 22.2 Å². The van der Waals surface area contributed by atoms with Gasteiger partial charge in [0.15, 0.2) is 0 Å². The molecule has 0 saturated heterocycles. The van der Waals surface area contributed by atoms with Crippen molar-refractivity contribution in [1.82, 2.24) is 9.55 Å². The van der Waals surface area contributed by atoms with Gasteiger partial charge in [-0.2, -0.15) is 0 Å². The first kappa shape index (κ1) is 18.1. The summed E-state index contributed by atoms with van der Waals surface area (Å²) in [6.45, 7) is 5.64. The molecule has 3 aromatic rings. The van der Waals surface area contributed by atoms with E-state index in [1.54, 1.807) is 14.0 Å². The van der Waals surface area contributed by atoms with Crippen LogP contribution in [0, 0.1) is 13.8 Å². The van der Waals surface area contributed by atoms with E-state index in [1.807, 2.05) is 32.0 Å². The quantitative estimate of drug-likeness (QED) is 0.737. The van der Waals surface area contributed by atoms with Gasteiger partial charge in [0.2, 0.25) is 0 Å². The molecule has 7 heteroatoms. The van der Waals surface area contributed by atoms with Crippen LogP contribution < -0.4 is 10.3 Å². The molecule has 2 aromatic heterocycles. The van der Waals surface area contributed by atoms with Crippen molar-refractivity contribution in [2.24, 2.45) is 0 Å². The van der Waals surface area contributed by atoms with Crippen molar-refractivity contribution in [3.8, 4) is 16.9 Å². The Bertz CT molecular complexity index is 1050. The molecule has 0 aliphatic rings. The highest BCUT2D eigenvalue weighted by molar-refractivity contribution is 7.19. The number of aliphatic carboxylic acids is 1. The van der Waals surface area contributed by atoms with Gasteiger partial charge in [-0.05, 0) is 32.4 Å². The average molecular weight is 372 g/mol. The van der Waals surface area contributed by atoms with Crippen molar-refractivity contribution < 1.29 is 14.6 Å². The standard InChI is InChI=1S/C19H20N2O4S/c1-5-13(19(23)24)21-9-20-17-16(18(21)22)15(11(3)26-17)12-8-10(2)6-7-14(12)25-4/h6-9,13H,5H2,1-4H3,(H,23,24). The molecule has 0 radical (unpaired) electrons. The van der Waals surface area contributed by atoms with Crippen LogP contribution in [0.4, 0.5) is 0 Å². The summed E-state index contributed by atoms with van der Waals surface area (Å²) in [6, 6.07) is 4.85. The molecule has 136 valence electrons. The molecule has 0 amide bonds. The summed E-state index contributed by atoms with van der Waals surface area (Å²) in [5, 5.41) is 9.87. The number of aromatic nitrogens is 2. The second-order valence-corrected chi connectivity index (χ2v) is 7.34. The van der Waals surface area contributed by atoms with Gasteiger partial charge >= 0.3 is 5.97 Å². The van der Waals surface area contributed by atoms with E-state index in [0.717, 1.165) is 21.6 Å². The summed E-state index contributed by atoms with van der Waals surface area (Å²) in [6.07, 6.45) is 1.63. The van der Waals surface area contributed by atoms with Crippen molar-refractivity contribution >= 4 is 27.5 Å². The number of thiophene rings is 1. The van der Waals surface area contributed by atoms with Gasteiger partial charge in [0.05, 0.1) is 18.8 Å². The van der Waals surface area contributed by atoms with Crippen LogP contribution in [0.1, 0.15) is 29.8 Å². The van der Waals surface area contributed by atoms with Crippen LogP contribution in [-0.4, -0.2) is 27.7 Å². The van der Waals surface area contributed by atoms with Gasteiger partial charge in [0, 0.05) is 16.0 Å². The van der Waals surface area contributed by atoms with Gasteiger partial charge in [0.1, 0.15) is 16.6 Å². The molecule has 6 nitrogen and oxygen atoms in total. The van der Waals surface area contributed by atoms with E-state index in [4.69, 9.17) is 4.74 Å². The van der Waals surface area contributed by atoms with E-state index >= 15 is 0 Å². The molecule has 1 N–H and O–H groups in total. The summed E-state index contributed by atoms with van der Waals surface area (Å²) in [5.74, 6) is -0.379. The number of benzene rings is 1. The maximum atomic E-state index is 13.2. The Morgan fingerprint density at radius 1 is 1.38 bits per heavy atom. The van der Waals surface area contributed by atoms with Crippen LogP contribution in [0.2, 0.25) is 0 Å². The SMILES string of the molecule is CCC(C(=O)O)n1cnc2sc(C)c(-c3cc(C)ccc3OC)c2c1=O. The smallest absolute Gasteiger partial charge is 0.326 e. The first-order valence-corrected chi connectivity index (χ1v) is 9.08.